The Bertz CT molecular complexity index is 1510. The third-order valence-electron chi connectivity index (χ3n) is 7.86. The molecule has 0 amide bonds. The van der Waals surface area contributed by atoms with Gasteiger partial charge in [0.15, 0.2) is 0 Å². The fraction of sp³-hybridized carbons (Fsp3) is 0.400. The summed E-state index contributed by atoms with van der Waals surface area (Å²) in [4.78, 5) is 16.4. The SMILES string of the molecule is C=C(c1ccn2ncc(C(=C)C)c2c1)c1cc(-c2ccnc(N3CCN(C)CC3)c2)cnc1C.CCCN(C)CCC. The van der Waals surface area contributed by atoms with Crippen LogP contribution in [0.4, 0.5) is 5.82 Å². The van der Waals surface area contributed by atoms with Crippen molar-refractivity contribution in [1.29, 1.82) is 0 Å². The van der Waals surface area contributed by atoms with Gasteiger partial charge in [-0.1, -0.05) is 27.0 Å². The molecule has 0 bridgehead atoms. The summed E-state index contributed by atoms with van der Waals surface area (Å²) in [5, 5.41) is 4.44. The second kappa shape index (κ2) is 14.4. The number of likely N-dealkylation sites (N-methyl/N-ethyl adjacent to an activating group) is 1. The molecule has 222 valence electrons. The molecule has 4 aromatic heterocycles. The van der Waals surface area contributed by atoms with Gasteiger partial charge in [0.2, 0.25) is 0 Å². The summed E-state index contributed by atoms with van der Waals surface area (Å²) in [5.74, 6) is 1.02. The van der Waals surface area contributed by atoms with Crippen LogP contribution in [0.3, 0.4) is 0 Å². The third-order valence-corrected chi connectivity index (χ3v) is 7.86. The number of aromatic nitrogens is 4. The van der Waals surface area contributed by atoms with Crippen LogP contribution in [0.15, 0.2) is 68.3 Å². The van der Waals surface area contributed by atoms with Gasteiger partial charge in [-0.2, -0.15) is 5.10 Å². The highest BCUT2D eigenvalue weighted by atomic mass is 15.3. The zero-order valence-corrected chi connectivity index (χ0v) is 26.4. The standard InChI is InChI=1S/C28H30N6.C7H17N/c1-19(2)26-18-31-34-9-7-22(15-27(26)34)20(3)25-14-24(17-30-21(25)4)23-6-8-29-28(16-23)33-12-10-32(5)11-13-33;1-4-6-8(3)7-5-2/h6-9,14-18H,1,3,10-13H2,2,4-5H3;4-7H2,1-3H3. The van der Waals surface area contributed by atoms with Gasteiger partial charge in [0.1, 0.15) is 5.82 Å². The zero-order chi connectivity index (χ0) is 30.2. The minimum atomic E-state index is 0.941. The van der Waals surface area contributed by atoms with Crippen molar-refractivity contribution in [2.24, 2.45) is 0 Å². The van der Waals surface area contributed by atoms with Crippen molar-refractivity contribution in [2.45, 2.75) is 40.5 Å². The Kier molecular flexibility index (Phi) is 10.7. The normalized spacial score (nSPS) is 13.7. The predicted molar refractivity (Wildman–Crippen MR) is 178 cm³/mol. The van der Waals surface area contributed by atoms with E-state index in [-0.39, 0.29) is 0 Å². The highest BCUT2D eigenvalue weighted by molar-refractivity contribution is 5.85. The van der Waals surface area contributed by atoms with Crippen molar-refractivity contribution in [1.82, 2.24) is 29.4 Å². The molecule has 0 aromatic carbocycles. The number of anilines is 1. The van der Waals surface area contributed by atoms with E-state index in [9.17, 15) is 0 Å². The quantitative estimate of drug-likeness (QED) is 0.226. The molecule has 0 N–H and O–H groups in total. The second-order valence-electron chi connectivity index (χ2n) is 11.4. The molecule has 0 spiro atoms. The minimum absolute atomic E-state index is 0.941. The van der Waals surface area contributed by atoms with Crippen LogP contribution in [0.25, 0.3) is 27.8 Å². The molecule has 0 radical (unpaired) electrons. The van der Waals surface area contributed by atoms with Gasteiger partial charge in [-0.15, -0.1) is 0 Å². The largest absolute Gasteiger partial charge is 0.354 e. The molecule has 5 heterocycles. The van der Waals surface area contributed by atoms with Crippen LogP contribution in [0.2, 0.25) is 0 Å². The Hall–Kier alpha value is -3.81. The summed E-state index contributed by atoms with van der Waals surface area (Å²) in [6.45, 7) is 23.6. The predicted octanol–water partition coefficient (Wildman–Crippen LogP) is 6.68. The van der Waals surface area contributed by atoms with Gasteiger partial charge < -0.3 is 14.7 Å². The Morgan fingerprint density at radius 3 is 2.29 bits per heavy atom. The van der Waals surface area contributed by atoms with E-state index in [4.69, 9.17) is 4.98 Å². The van der Waals surface area contributed by atoms with Crippen LogP contribution >= 0.6 is 0 Å². The Labute approximate surface area is 252 Å². The number of piperazine rings is 1. The van der Waals surface area contributed by atoms with Gasteiger partial charge in [0.25, 0.3) is 0 Å². The van der Waals surface area contributed by atoms with Crippen LogP contribution < -0.4 is 4.90 Å². The van der Waals surface area contributed by atoms with Gasteiger partial charge >= 0.3 is 0 Å². The Morgan fingerprint density at radius 1 is 0.905 bits per heavy atom. The monoisotopic (exact) mass is 565 g/mol. The Morgan fingerprint density at radius 2 is 1.62 bits per heavy atom. The number of pyridine rings is 3. The summed E-state index contributed by atoms with van der Waals surface area (Å²) < 4.78 is 1.87. The average molecular weight is 566 g/mol. The number of hydrogen-bond donors (Lipinski definition) is 0. The van der Waals surface area contributed by atoms with Crippen LogP contribution in [-0.4, -0.2) is 82.7 Å². The fourth-order valence-electron chi connectivity index (χ4n) is 5.33. The fourth-order valence-corrected chi connectivity index (χ4v) is 5.33. The molecule has 42 heavy (non-hydrogen) atoms. The van der Waals surface area contributed by atoms with Crippen LogP contribution in [-0.2, 0) is 0 Å². The molecule has 7 heteroatoms. The molecule has 1 fully saturated rings. The molecule has 1 saturated heterocycles. The van der Waals surface area contributed by atoms with E-state index < -0.39 is 0 Å². The van der Waals surface area contributed by atoms with Crippen molar-refractivity contribution in [3.05, 3.63) is 90.7 Å². The second-order valence-corrected chi connectivity index (χ2v) is 11.4. The average Bonchev–Trinajstić information content (AvgIpc) is 3.42. The van der Waals surface area contributed by atoms with E-state index in [2.05, 4.69) is 96.2 Å². The van der Waals surface area contributed by atoms with Crippen molar-refractivity contribution >= 4 is 22.5 Å². The maximum Gasteiger partial charge on any atom is 0.129 e. The van der Waals surface area contributed by atoms with Gasteiger partial charge in [-0.05, 0) is 106 Å². The molecule has 1 aliphatic rings. The lowest BCUT2D eigenvalue weighted by Gasteiger charge is -2.33. The first kappa shape index (κ1) is 31.1. The molecular formula is C35H47N7. The maximum absolute atomic E-state index is 4.72. The van der Waals surface area contributed by atoms with Crippen molar-refractivity contribution in [3.63, 3.8) is 0 Å². The highest BCUT2D eigenvalue weighted by Gasteiger charge is 2.17. The minimum Gasteiger partial charge on any atom is -0.354 e. The Balaban J connectivity index is 0.000000446. The summed E-state index contributed by atoms with van der Waals surface area (Å²) in [7, 11) is 4.34. The molecule has 7 nitrogen and oxygen atoms in total. The molecule has 0 aliphatic carbocycles. The van der Waals surface area contributed by atoms with Gasteiger partial charge in [-0.3, -0.25) is 4.98 Å². The zero-order valence-electron chi connectivity index (χ0n) is 26.4. The number of aryl methyl sites for hydroxylation is 1. The molecular weight excluding hydrogens is 518 g/mol. The summed E-state index contributed by atoms with van der Waals surface area (Å²) >= 11 is 0. The van der Waals surface area contributed by atoms with E-state index >= 15 is 0 Å². The summed E-state index contributed by atoms with van der Waals surface area (Å²) in [6.07, 6.45) is 10.2. The lowest BCUT2D eigenvalue weighted by atomic mass is 9.95. The number of allylic oxidation sites excluding steroid dienone is 1. The molecule has 0 saturated carbocycles. The molecule has 0 unspecified atom stereocenters. The van der Waals surface area contributed by atoms with E-state index in [0.717, 1.165) is 82.2 Å². The van der Waals surface area contributed by atoms with Gasteiger partial charge in [0, 0.05) is 67.2 Å². The summed E-state index contributed by atoms with van der Waals surface area (Å²) in [6, 6.07) is 10.6. The van der Waals surface area contributed by atoms with Crippen LogP contribution in [0.1, 0.15) is 56.0 Å². The number of nitrogens with zero attached hydrogens (tertiary/aromatic N) is 7. The van der Waals surface area contributed by atoms with E-state index in [1.54, 1.807) is 0 Å². The van der Waals surface area contributed by atoms with Crippen LogP contribution in [0, 0.1) is 6.92 Å². The number of hydrogen-bond acceptors (Lipinski definition) is 6. The van der Waals surface area contributed by atoms with E-state index in [1.807, 2.05) is 43.2 Å². The van der Waals surface area contributed by atoms with Crippen molar-refractivity contribution in [2.75, 3.05) is 58.3 Å². The van der Waals surface area contributed by atoms with Gasteiger partial charge in [0.05, 0.1) is 11.7 Å². The van der Waals surface area contributed by atoms with Gasteiger partial charge in [-0.25, -0.2) is 9.50 Å². The first-order valence-corrected chi connectivity index (χ1v) is 15.1. The lowest BCUT2D eigenvalue weighted by molar-refractivity contribution is 0.312. The van der Waals surface area contributed by atoms with Crippen LogP contribution in [0.5, 0.6) is 0 Å². The highest BCUT2D eigenvalue weighted by Crippen LogP contribution is 2.31. The smallest absolute Gasteiger partial charge is 0.129 e. The number of fused-ring (bicyclic) bond motifs is 1. The topological polar surface area (TPSA) is 52.8 Å². The third kappa shape index (κ3) is 7.52. The van der Waals surface area contributed by atoms with E-state index in [1.165, 1.54) is 25.9 Å². The maximum atomic E-state index is 4.72. The molecule has 5 rings (SSSR count). The van der Waals surface area contributed by atoms with Crippen molar-refractivity contribution < 1.29 is 0 Å². The first-order chi connectivity index (χ1) is 20.2. The molecule has 0 atom stereocenters. The lowest BCUT2D eigenvalue weighted by Crippen LogP contribution is -2.44. The van der Waals surface area contributed by atoms with Crippen molar-refractivity contribution in [3.8, 4) is 11.1 Å². The van der Waals surface area contributed by atoms with E-state index in [0.29, 0.717) is 0 Å². The summed E-state index contributed by atoms with van der Waals surface area (Å²) in [5.41, 5.74) is 9.22. The molecule has 4 aromatic rings. The first-order valence-electron chi connectivity index (χ1n) is 15.1. The number of rotatable bonds is 9. The molecule has 1 aliphatic heterocycles.